The minimum Gasteiger partial charge on any atom is -0.507 e. The minimum atomic E-state index is -0.820. The van der Waals surface area contributed by atoms with Crippen LogP contribution >= 0.6 is 0 Å². The number of hydrogen-bond acceptors (Lipinski definition) is 6. The summed E-state index contributed by atoms with van der Waals surface area (Å²) in [5, 5.41) is 11.4. The van der Waals surface area contributed by atoms with Gasteiger partial charge in [0.1, 0.15) is 18.1 Å². The lowest BCUT2D eigenvalue weighted by molar-refractivity contribution is -0.139. The van der Waals surface area contributed by atoms with Crippen molar-refractivity contribution in [2.45, 2.75) is 32.9 Å². The highest BCUT2D eigenvalue weighted by Crippen LogP contribution is 2.45. The topological polar surface area (TPSA) is 85.3 Å². The number of para-hydroxylation sites is 1. The minimum absolute atomic E-state index is 0.0161. The molecule has 1 atom stereocenters. The number of benzene rings is 3. The number of nitrogens with zero attached hydrogens (tertiary/aromatic N) is 1. The van der Waals surface area contributed by atoms with Gasteiger partial charge < -0.3 is 24.2 Å². The molecule has 1 aliphatic heterocycles. The van der Waals surface area contributed by atoms with E-state index in [-0.39, 0.29) is 11.3 Å². The Morgan fingerprint density at radius 1 is 0.946 bits per heavy atom. The summed E-state index contributed by atoms with van der Waals surface area (Å²) < 4.78 is 17.0. The van der Waals surface area contributed by atoms with E-state index in [2.05, 4.69) is 0 Å². The standard InChI is InChI=1S/C30H31NO6/c1-5-16-31-26(22-12-9-13-24(35-3)29(22)36-4)25(28(33)30(31)34)27(32)21-14-15-23(19(2)17-21)37-18-20-10-7-6-8-11-20/h6-15,17,26,32H,5,16,18H2,1-4H3/b27-25+. The van der Waals surface area contributed by atoms with Crippen molar-refractivity contribution in [3.63, 3.8) is 0 Å². The Kier molecular flexibility index (Phi) is 7.82. The van der Waals surface area contributed by atoms with Crippen molar-refractivity contribution in [3.8, 4) is 17.2 Å². The van der Waals surface area contributed by atoms with Crippen molar-refractivity contribution in [2.75, 3.05) is 20.8 Å². The van der Waals surface area contributed by atoms with Crippen molar-refractivity contribution >= 4 is 17.4 Å². The predicted octanol–water partition coefficient (Wildman–Crippen LogP) is 5.42. The number of ketones is 1. The molecule has 7 nitrogen and oxygen atoms in total. The van der Waals surface area contributed by atoms with Crippen molar-refractivity contribution in [1.29, 1.82) is 0 Å². The number of aliphatic hydroxyl groups excluding tert-OH is 1. The lowest BCUT2D eigenvalue weighted by atomic mass is 9.94. The summed E-state index contributed by atoms with van der Waals surface area (Å²) >= 11 is 0. The van der Waals surface area contributed by atoms with E-state index in [1.165, 1.54) is 19.1 Å². The highest BCUT2D eigenvalue weighted by molar-refractivity contribution is 6.46. The average Bonchev–Trinajstić information content (AvgIpc) is 3.17. The van der Waals surface area contributed by atoms with Crippen molar-refractivity contribution < 1.29 is 28.9 Å². The number of carbonyl (C=O) groups excluding carboxylic acids is 2. The van der Waals surface area contributed by atoms with E-state index in [1.807, 2.05) is 44.2 Å². The van der Waals surface area contributed by atoms with Crippen molar-refractivity contribution in [3.05, 3.63) is 94.6 Å². The average molecular weight is 502 g/mol. The Hall–Kier alpha value is -4.26. The number of aryl methyl sites for hydroxylation is 1. The third-order valence-electron chi connectivity index (χ3n) is 6.42. The van der Waals surface area contributed by atoms with Gasteiger partial charge in [-0.2, -0.15) is 0 Å². The number of carbonyl (C=O) groups is 2. The van der Waals surface area contributed by atoms with E-state index in [0.29, 0.717) is 47.9 Å². The molecule has 7 heteroatoms. The summed E-state index contributed by atoms with van der Waals surface area (Å²) in [4.78, 5) is 27.8. The van der Waals surface area contributed by atoms with Crippen LogP contribution < -0.4 is 14.2 Å². The van der Waals surface area contributed by atoms with Gasteiger partial charge in [-0.1, -0.05) is 49.4 Å². The van der Waals surface area contributed by atoms with E-state index < -0.39 is 17.7 Å². The zero-order chi connectivity index (χ0) is 26.5. The lowest BCUT2D eigenvalue weighted by Crippen LogP contribution is -2.30. The van der Waals surface area contributed by atoms with E-state index in [9.17, 15) is 14.7 Å². The quantitative estimate of drug-likeness (QED) is 0.239. The SMILES string of the molecule is CCCN1C(=O)C(=O)/C(=C(/O)c2ccc(OCc3ccccc3)c(C)c2)C1c1cccc(OC)c1OC. The number of rotatable bonds is 9. The Bertz CT molecular complexity index is 1330. The summed E-state index contributed by atoms with van der Waals surface area (Å²) in [6, 6.07) is 19.5. The molecule has 1 unspecified atom stereocenters. The van der Waals surface area contributed by atoms with Gasteiger partial charge in [0.2, 0.25) is 0 Å². The first-order valence-corrected chi connectivity index (χ1v) is 12.2. The van der Waals surface area contributed by atoms with Crippen LogP contribution in [0.25, 0.3) is 5.76 Å². The molecule has 37 heavy (non-hydrogen) atoms. The monoisotopic (exact) mass is 501 g/mol. The molecule has 1 fully saturated rings. The zero-order valence-electron chi connectivity index (χ0n) is 21.5. The summed E-state index contributed by atoms with van der Waals surface area (Å²) in [6.45, 7) is 4.55. The maximum Gasteiger partial charge on any atom is 0.295 e. The van der Waals surface area contributed by atoms with Gasteiger partial charge in [-0.05, 0) is 48.7 Å². The molecule has 0 spiro atoms. The zero-order valence-corrected chi connectivity index (χ0v) is 21.5. The van der Waals surface area contributed by atoms with Crippen LogP contribution in [0.15, 0.2) is 72.3 Å². The Morgan fingerprint density at radius 3 is 2.35 bits per heavy atom. The summed E-state index contributed by atoms with van der Waals surface area (Å²) in [5.74, 6) is -0.0920. The summed E-state index contributed by atoms with van der Waals surface area (Å²) in [7, 11) is 3.03. The van der Waals surface area contributed by atoms with Gasteiger partial charge in [0.05, 0.1) is 25.8 Å². The van der Waals surface area contributed by atoms with Gasteiger partial charge in [0, 0.05) is 17.7 Å². The number of Topliss-reactive ketones (excluding diaryl/α,β-unsaturated/α-hetero) is 1. The molecular formula is C30H31NO6. The van der Waals surface area contributed by atoms with E-state index in [0.717, 1.165) is 11.1 Å². The molecule has 0 saturated carbocycles. The largest absolute Gasteiger partial charge is 0.507 e. The van der Waals surface area contributed by atoms with Crippen molar-refractivity contribution in [1.82, 2.24) is 4.90 Å². The smallest absolute Gasteiger partial charge is 0.295 e. The molecule has 1 heterocycles. The molecular weight excluding hydrogens is 470 g/mol. The van der Waals surface area contributed by atoms with Crippen LogP contribution in [0, 0.1) is 6.92 Å². The van der Waals surface area contributed by atoms with Crippen molar-refractivity contribution in [2.24, 2.45) is 0 Å². The van der Waals surface area contributed by atoms with Gasteiger partial charge in [-0.25, -0.2) is 0 Å². The Balaban J connectivity index is 1.76. The number of hydrogen-bond donors (Lipinski definition) is 1. The highest BCUT2D eigenvalue weighted by atomic mass is 16.5. The molecule has 192 valence electrons. The molecule has 1 saturated heterocycles. The van der Waals surface area contributed by atoms with Crippen LogP contribution in [0.4, 0.5) is 0 Å². The van der Waals surface area contributed by atoms with E-state index in [1.54, 1.807) is 36.4 Å². The van der Waals surface area contributed by atoms with Gasteiger partial charge >= 0.3 is 0 Å². The van der Waals surface area contributed by atoms with Gasteiger partial charge in [0.15, 0.2) is 11.5 Å². The van der Waals surface area contributed by atoms with Crippen LogP contribution in [0.5, 0.6) is 17.2 Å². The fourth-order valence-electron chi connectivity index (χ4n) is 4.65. The molecule has 1 N–H and O–H groups in total. The normalized spacial score (nSPS) is 16.6. The molecule has 0 aromatic heterocycles. The van der Waals surface area contributed by atoms with Crippen LogP contribution in [-0.4, -0.2) is 42.5 Å². The number of likely N-dealkylation sites (tertiary alicyclic amines) is 1. The fraction of sp³-hybridized carbons (Fsp3) is 0.267. The summed E-state index contributed by atoms with van der Waals surface area (Å²) in [6.07, 6.45) is 0.641. The molecule has 1 amide bonds. The maximum absolute atomic E-state index is 13.2. The van der Waals surface area contributed by atoms with Crippen LogP contribution in [-0.2, 0) is 16.2 Å². The number of aliphatic hydroxyl groups is 1. The van der Waals surface area contributed by atoms with Crippen LogP contribution in [0.1, 0.15) is 41.6 Å². The molecule has 3 aromatic rings. The molecule has 3 aromatic carbocycles. The molecule has 0 aliphatic carbocycles. The van der Waals surface area contributed by atoms with Gasteiger partial charge in [-0.3, -0.25) is 9.59 Å². The molecule has 0 radical (unpaired) electrons. The van der Waals surface area contributed by atoms with Gasteiger partial charge in [0.25, 0.3) is 11.7 Å². The lowest BCUT2D eigenvalue weighted by Gasteiger charge is -2.26. The second-order valence-corrected chi connectivity index (χ2v) is 8.83. The third-order valence-corrected chi connectivity index (χ3v) is 6.42. The van der Waals surface area contributed by atoms with Crippen LogP contribution in [0.2, 0.25) is 0 Å². The molecule has 0 bridgehead atoms. The Morgan fingerprint density at radius 2 is 1.70 bits per heavy atom. The first-order chi connectivity index (χ1) is 17.9. The number of amides is 1. The van der Waals surface area contributed by atoms with Gasteiger partial charge in [-0.15, -0.1) is 0 Å². The first kappa shape index (κ1) is 25.8. The second-order valence-electron chi connectivity index (χ2n) is 8.83. The summed E-state index contributed by atoms with van der Waals surface area (Å²) in [5.41, 5.74) is 2.83. The molecule has 4 rings (SSSR count). The van der Waals surface area contributed by atoms with E-state index in [4.69, 9.17) is 14.2 Å². The first-order valence-electron chi connectivity index (χ1n) is 12.2. The third kappa shape index (κ3) is 5.03. The predicted molar refractivity (Wildman–Crippen MR) is 141 cm³/mol. The number of ether oxygens (including phenoxy) is 3. The fourth-order valence-corrected chi connectivity index (χ4v) is 4.65. The highest BCUT2D eigenvalue weighted by Gasteiger charge is 2.47. The molecule has 1 aliphatic rings. The maximum atomic E-state index is 13.2. The van der Waals surface area contributed by atoms with Crippen LogP contribution in [0.3, 0.4) is 0 Å². The Labute approximate surface area is 216 Å². The number of methoxy groups -OCH3 is 2. The second kappa shape index (κ2) is 11.2. The van der Waals surface area contributed by atoms with E-state index >= 15 is 0 Å².